The molecule has 1 radical (unpaired) electrons. The molecule has 14 nitrogen and oxygen atoms in total. The minimum atomic E-state index is -1.46. The number of carbonyl (C=O) groups excluding carboxylic acids is 6. The predicted molar refractivity (Wildman–Crippen MR) is 142 cm³/mol. The summed E-state index contributed by atoms with van der Waals surface area (Å²) in [7, 11) is 0. The maximum absolute atomic E-state index is 11.9. The van der Waals surface area contributed by atoms with Crippen molar-refractivity contribution < 1.29 is 69.3 Å². The van der Waals surface area contributed by atoms with Crippen molar-refractivity contribution in [2.75, 3.05) is 49.9 Å². The Labute approximate surface area is 262 Å². The third kappa shape index (κ3) is 15.6. The molecular formula is C28H32N4O10Tc. The minimum absolute atomic E-state index is 0. The third-order valence-corrected chi connectivity index (χ3v) is 5.64. The van der Waals surface area contributed by atoms with Gasteiger partial charge in [0.15, 0.2) is 0 Å². The first-order chi connectivity index (χ1) is 19.6. The van der Waals surface area contributed by atoms with E-state index >= 15 is 0 Å². The van der Waals surface area contributed by atoms with E-state index in [0.29, 0.717) is 11.4 Å². The Bertz CT molecular complexity index is 1150. The van der Waals surface area contributed by atoms with Crippen LogP contribution in [0.2, 0.25) is 0 Å². The van der Waals surface area contributed by atoms with Crippen molar-refractivity contribution in [2.24, 2.45) is 0 Å². The van der Waals surface area contributed by atoms with Crippen LogP contribution in [0.5, 0.6) is 0 Å². The monoisotopic (exact) mass is 683 g/mol. The van der Waals surface area contributed by atoms with Crippen LogP contribution in [0.25, 0.3) is 0 Å². The van der Waals surface area contributed by atoms with Crippen molar-refractivity contribution in [1.29, 1.82) is 0 Å². The van der Waals surface area contributed by atoms with Gasteiger partial charge in [0.1, 0.15) is 0 Å². The van der Waals surface area contributed by atoms with Gasteiger partial charge < -0.3 is 50.2 Å². The van der Waals surface area contributed by atoms with Gasteiger partial charge in [-0.2, -0.15) is 0 Å². The van der Waals surface area contributed by atoms with Crippen molar-refractivity contribution in [3.05, 3.63) is 58.7 Å². The molecule has 43 heavy (non-hydrogen) atoms. The number of anilines is 2. The van der Waals surface area contributed by atoms with Crippen LogP contribution in [0, 0.1) is 27.7 Å². The molecule has 15 heteroatoms. The van der Waals surface area contributed by atoms with Crippen LogP contribution < -0.4 is 31.1 Å². The van der Waals surface area contributed by atoms with Gasteiger partial charge in [0.25, 0.3) is 0 Å². The maximum Gasteiger partial charge on any atom is 4.00 e. The maximum atomic E-state index is 11.9. The molecule has 0 fully saturated rings. The molecule has 2 rings (SSSR count). The van der Waals surface area contributed by atoms with Crippen LogP contribution in [0.15, 0.2) is 36.4 Å². The zero-order valence-electron chi connectivity index (χ0n) is 24.1. The van der Waals surface area contributed by atoms with Crippen LogP contribution >= 0.6 is 0 Å². The summed E-state index contributed by atoms with van der Waals surface area (Å²) >= 11 is 0. The van der Waals surface area contributed by atoms with Gasteiger partial charge in [-0.25, -0.2) is 0 Å². The first kappa shape index (κ1) is 38.8. The molecule has 0 aliphatic rings. The Kier molecular flexibility index (Phi) is 17.2. The van der Waals surface area contributed by atoms with Crippen molar-refractivity contribution in [1.82, 2.24) is 9.80 Å². The Hall–Kier alpha value is -4.17. The molecule has 0 atom stereocenters. The molecule has 0 spiro atoms. The third-order valence-electron chi connectivity index (χ3n) is 5.64. The minimum Gasteiger partial charge on any atom is -0.549 e. The van der Waals surface area contributed by atoms with E-state index in [1.165, 1.54) is 0 Å². The number of benzene rings is 2. The number of rotatable bonds is 14. The Morgan fingerprint density at radius 2 is 0.744 bits per heavy atom. The van der Waals surface area contributed by atoms with Gasteiger partial charge in [0.2, 0.25) is 11.8 Å². The smallest absolute Gasteiger partial charge is 0.549 e. The fourth-order valence-electron chi connectivity index (χ4n) is 3.85. The summed E-state index contributed by atoms with van der Waals surface area (Å²) in [5, 5.41) is 47.5. The van der Waals surface area contributed by atoms with E-state index in [2.05, 4.69) is 10.6 Å². The molecule has 0 heterocycles. The van der Waals surface area contributed by atoms with Gasteiger partial charge in [-0.1, -0.05) is 36.4 Å². The number of aliphatic carboxylic acids is 4. The number of para-hydroxylation sites is 2. The fraction of sp³-hybridized carbons (Fsp3) is 0.357. The number of amides is 2. The first-order valence-corrected chi connectivity index (χ1v) is 12.5. The number of aryl methyl sites for hydroxylation is 4. The molecule has 0 saturated heterocycles. The largest absolute Gasteiger partial charge is 4.00 e. The normalized spacial score (nSPS) is 10.2. The van der Waals surface area contributed by atoms with Gasteiger partial charge in [0.05, 0.1) is 37.0 Å². The van der Waals surface area contributed by atoms with Crippen LogP contribution in [0.4, 0.5) is 11.4 Å². The van der Waals surface area contributed by atoms with Crippen LogP contribution in [-0.2, 0) is 48.9 Å². The molecule has 0 unspecified atom stereocenters. The molecule has 0 saturated carbocycles. The molecule has 0 aliphatic carbocycles. The molecular weight excluding hydrogens is 651 g/mol. The molecule has 2 amide bonds. The number of nitrogens with one attached hydrogen (secondary N) is 2. The van der Waals surface area contributed by atoms with Crippen LogP contribution in [0.3, 0.4) is 0 Å². The fourth-order valence-corrected chi connectivity index (χ4v) is 3.85. The van der Waals surface area contributed by atoms with Crippen molar-refractivity contribution in [2.45, 2.75) is 27.7 Å². The number of carbonyl (C=O) groups is 6. The van der Waals surface area contributed by atoms with E-state index in [0.717, 1.165) is 32.1 Å². The summed E-state index contributed by atoms with van der Waals surface area (Å²) in [6.45, 7) is 3.90. The molecule has 2 aromatic carbocycles. The van der Waals surface area contributed by atoms with Crippen molar-refractivity contribution in [3.63, 3.8) is 0 Å². The number of nitrogens with zero attached hydrogens (tertiary/aromatic N) is 2. The predicted octanol–water partition coefficient (Wildman–Crippen LogP) is -3.92. The Morgan fingerprint density at radius 1 is 0.512 bits per heavy atom. The van der Waals surface area contributed by atoms with E-state index < -0.39 is 61.9 Å². The zero-order chi connectivity index (χ0) is 32.0. The van der Waals surface area contributed by atoms with Gasteiger partial charge in [-0.05, 0) is 49.9 Å². The number of hydrogen-bond donors (Lipinski definition) is 2. The number of carboxylic acids is 4. The van der Waals surface area contributed by atoms with E-state index in [1.807, 2.05) is 64.1 Å². The first-order valence-electron chi connectivity index (χ1n) is 12.5. The summed E-state index contributed by atoms with van der Waals surface area (Å²) < 4.78 is 0. The van der Waals surface area contributed by atoms with Gasteiger partial charge in [-0.15, -0.1) is 0 Å². The zero-order valence-corrected chi connectivity index (χ0v) is 25.9. The topological polar surface area (TPSA) is 225 Å². The van der Waals surface area contributed by atoms with Crippen molar-refractivity contribution in [3.8, 4) is 0 Å². The second kappa shape index (κ2) is 19.1. The molecule has 2 N–H and O–H groups in total. The molecule has 0 aromatic heterocycles. The molecule has 2 aromatic rings. The summed E-state index contributed by atoms with van der Waals surface area (Å²) in [5.41, 5.74) is 4.68. The van der Waals surface area contributed by atoms with E-state index in [1.54, 1.807) is 0 Å². The Balaban J connectivity index is 0.000000802. The van der Waals surface area contributed by atoms with E-state index in [4.69, 9.17) is 0 Å². The molecule has 231 valence electrons. The van der Waals surface area contributed by atoms with Gasteiger partial charge in [-0.3, -0.25) is 19.4 Å². The number of hydrogen-bond acceptors (Lipinski definition) is 12. The average Bonchev–Trinajstić information content (AvgIpc) is 2.82. The molecule has 0 bridgehead atoms. The van der Waals surface area contributed by atoms with Gasteiger partial charge in [0, 0.05) is 37.6 Å². The SMILES string of the molecule is Cc1cccc(C)c1NC(=O)CN(CC(=O)[O-])CC(=O)[O-].Cc1cccc(C)c1NC(=O)CN(CC(=O)[O-])CC(=O)[O-].[99Tc+4]. The van der Waals surface area contributed by atoms with Crippen molar-refractivity contribution >= 4 is 47.1 Å². The summed E-state index contributed by atoms with van der Waals surface area (Å²) in [5.74, 6) is -6.86. The second-order valence-corrected chi connectivity index (χ2v) is 9.41. The van der Waals surface area contributed by atoms with Crippen LogP contribution in [0.1, 0.15) is 22.3 Å². The van der Waals surface area contributed by atoms with Gasteiger partial charge >= 0.3 is 20.1 Å². The molecule has 0 aliphatic heterocycles. The second-order valence-electron chi connectivity index (χ2n) is 9.41. The summed E-state index contributed by atoms with van der Waals surface area (Å²) in [4.78, 5) is 67.8. The quantitative estimate of drug-likeness (QED) is 0.195. The number of carboxylic acid groups (broad SMARTS) is 4. The van der Waals surface area contributed by atoms with E-state index in [9.17, 15) is 49.2 Å². The summed E-state index contributed by atoms with van der Waals surface area (Å²) in [6, 6.07) is 11.0. The summed E-state index contributed by atoms with van der Waals surface area (Å²) in [6.07, 6.45) is 0. The Morgan fingerprint density at radius 3 is 0.953 bits per heavy atom. The van der Waals surface area contributed by atoms with E-state index in [-0.39, 0.29) is 33.2 Å². The van der Waals surface area contributed by atoms with Crippen LogP contribution in [-0.4, -0.2) is 84.8 Å². The standard InChI is InChI=1S/2C14H18N2O5.Tc/c2*1-9-4-3-5-10(2)14(9)15-11(17)6-16(7-12(18)19)8-13(20)21;/h2*3-5H,6-8H2,1-2H3,(H,15,17)(H,18,19)(H,20,21);/q;;+4/p-4/i;;1+1. The average molecular weight is 683 g/mol.